The van der Waals surface area contributed by atoms with Gasteiger partial charge < -0.3 is 19.1 Å². The van der Waals surface area contributed by atoms with Crippen LogP contribution in [0.3, 0.4) is 0 Å². The molecule has 6 aromatic carbocycles. The summed E-state index contributed by atoms with van der Waals surface area (Å²) in [4.78, 5) is 9.73. The second kappa shape index (κ2) is 17.9. The molecule has 1 aliphatic rings. The van der Waals surface area contributed by atoms with Gasteiger partial charge in [-0.2, -0.15) is 6.07 Å². The first-order chi connectivity index (χ1) is 31.6. The molecule has 2 aromatic heterocycles. The summed E-state index contributed by atoms with van der Waals surface area (Å²) in [5.41, 5.74) is 15.4. The number of fused-ring (bicyclic) bond motifs is 3. The molecule has 3 heterocycles. The molecule has 0 aliphatic carbocycles. The van der Waals surface area contributed by atoms with E-state index >= 15 is 0 Å². The second-order valence-electron chi connectivity index (χ2n) is 22.5. The minimum absolute atomic E-state index is 0. The number of rotatable bonds is 7. The van der Waals surface area contributed by atoms with Crippen LogP contribution in [0.2, 0.25) is 0 Å². The van der Waals surface area contributed by atoms with Crippen molar-refractivity contribution in [2.24, 2.45) is 10.8 Å². The van der Waals surface area contributed by atoms with Crippen molar-refractivity contribution in [3.63, 3.8) is 0 Å². The first kappa shape index (κ1) is 48.6. The zero-order valence-corrected chi connectivity index (χ0v) is 44.6. The molecule has 0 atom stereocenters. The van der Waals surface area contributed by atoms with E-state index in [-0.39, 0.29) is 42.7 Å². The molecule has 6 heteroatoms. The smallest absolute Gasteiger partial charge is 0.135 e. The summed E-state index contributed by atoms with van der Waals surface area (Å²) in [6.07, 6.45) is 1.91. The number of benzene rings is 6. The quantitative estimate of drug-likeness (QED) is 0.149. The van der Waals surface area contributed by atoms with Crippen LogP contribution in [0.1, 0.15) is 105 Å². The average Bonchev–Trinajstić information content (AvgIpc) is 3.84. The molecule has 0 spiro atoms. The van der Waals surface area contributed by atoms with Crippen molar-refractivity contribution in [1.82, 2.24) is 9.55 Å². The van der Waals surface area contributed by atoms with Gasteiger partial charge in [0.2, 0.25) is 0 Å². The minimum Gasteiger partial charge on any atom is -0.509 e. The van der Waals surface area contributed by atoms with Gasteiger partial charge in [0.05, 0.1) is 0 Å². The molecular weight excluding hydrogens is 1010 g/mol. The summed E-state index contributed by atoms with van der Waals surface area (Å²) in [5, 5.41) is 2.23. The van der Waals surface area contributed by atoms with Crippen LogP contribution in [0.5, 0.6) is 11.5 Å². The normalized spacial score (nSPS) is 13.7. The Morgan fingerprint density at radius 3 is 1.82 bits per heavy atom. The largest absolute Gasteiger partial charge is 0.509 e. The number of hydrogen-bond donors (Lipinski definition) is 0. The summed E-state index contributed by atoms with van der Waals surface area (Å²) in [6, 6.07) is 53.3. The van der Waals surface area contributed by atoms with Gasteiger partial charge in [0.15, 0.2) is 0 Å². The number of para-hydroxylation sites is 1. The Morgan fingerprint density at radius 1 is 0.515 bits per heavy atom. The molecule has 1 aliphatic heterocycles. The van der Waals surface area contributed by atoms with E-state index < -0.39 is 0 Å². The van der Waals surface area contributed by atoms with Gasteiger partial charge >= 0.3 is 0 Å². The molecule has 0 unspecified atom stereocenters. The van der Waals surface area contributed by atoms with Crippen LogP contribution in [0.25, 0.3) is 49.9 Å². The molecule has 9 rings (SSSR count). The van der Waals surface area contributed by atoms with E-state index in [2.05, 4.69) is 251 Å². The Hall–Kier alpha value is -5.90. The number of aromatic nitrogens is 2. The number of hydrogen-bond acceptors (Lipinski definition) is 4. The maximum atomic E-state index is 7.02. The van der Waals surface area contributed by atoms with Crippen molar-refractivity contribution in [2.75, 3.05) is 9.80 Å². The monoisotopic (exact) mass is 1080 g/mol. The summed E-state index contributed by atoms with van der Waals surface area (Å²) in [7, 11) is 0. The van der Waals surface area contributed by atoms with Crippen molar-refractivity contribution < 1.29 is 25.8 Å². The summed E-state index contributed by atoms with van der Waals surface area (Å²) in [5.74, 6) is 2.07. The van der Waals surface area contributed by atoms with E-state index in [0.29, 0.717) is 11.5 Å². The van der Waals surface area contributed by atoms with Crippen LogP contribution in [0.15, 0.2) is 145 Å². The van der Waals surface area contributed by atoms with E-state index in [9.17, 15) is 0 Å². The van der Waals surface area contributed by atoms with Gasteiger partial charge in [0.25, 0.3) is 0 Å². The molecule has 0 saturated carbocycles. The molecular formula is C62H65N4OPt-3. The van der Waals surface area contributed by atoms with Gasteiger partial charge in [-0.1, -0.05) is 161 Å². The standard InChI is InChI=1S/C62H65N4O.Pt/c1-40-21-20-22-41(2)56(40)44-33-48(37-50(34-44)67-49-27-28-52-51-25-18-19-26-53(51)66(54(52)38-49)55-36-45(29-30-63-55)59(3,4)5)65-39-64(57(61(9,10)11)58(65)62(12,13)14)47-32-43(42-23-16-15-17-24-42)31-46(35-47)60(6,7)8;/h15-36,39H,1-14H3;/q-3;. The molecule has 0 N–H and O–H groups in total. The summed E-state index contributed by atoms with van der Waals surface area (Å²) in [6.45, 7) is 34.2. The van der Waals surface area contributed by atoms with E-state index in [4.69, 9.17) is 9.72 Å². The Balaban J connectivity index is 0.00000625. The van der Waals surface area contributed by atoms with Crippen LogP contribution in [0.4, 0.5) is 11.4 Å². The van der Waals surface area contributed by atoms with Gasteiger partial charge in [-0.25, -0.2) is 4.98 Å². The number of anilines is 2. The fraction of sp³-hybridized carbons (Fsp3) is 0.290. The van der Waals surface area contributed by atoms with Crippen LogP contribution in [-0.4, -0.2) is 9.55 Å². The number of allylic oxidation sites excluding steroid dienone is 2. The first-order valence-corrected chi connectivity index (χ1v) is 23.7. The predicted octanol–water partition coefficient (Wildman–Crippen LogP) is 16.9. The Kier molecular flexibility index (Phi) is 12.8. The molecule has 0 bridgehead atoms. The molecule has 352 valence electrons. The van der Waals surface area contributed by atoms with Gasteiger partial charge in [-0.3, -0.25) is 0 Å². The van der Waals surface area contributed by atoms with Gasteiger partial charge in [0.1, 0.15) is 5.82 Å². The number of aryl methyl sites for hydroxylation is 2. The van der Waals surface area contributed by atoms with Crippen molar-refractivity contribution >= 4 is 33.2 Å². The maximum absolute atomic E-state index is 7.02. The molecule has 8 aromatic rings. The van der Waals surface area contributed by atoms with Gasteiger partial charge in [-0.05, 0) is 99.3 Å². The Labute approximate surface area is 420 Å². The van der Waals surface area contributed by atoms with E-state index in [1.807, 2.05) is 12.3 Å². The van der Waals surface area contributed by atoms with Crippen LogP contribution in [0, 0.1) is 43.5 Å². The fourth-order valence-electron chi connectivity index (χ4n) is 9.68. The molecule has 5 nitrogen and oxygen atoms in total. The average molecular weight is 1080 g/mol. The zero-order valence-electron chi connectivity index (χ0n) is 42.3. The minimum atomic E-state index is -0.258. The summed E-state index contributed by atoms with van der Waals surface area (Å²) >= 11 is 0. The predicted molar refractivity (Wildman–Crippen MR) is 282 cm³/mol. The third kappa shape index (κ3) is 9.32. The van der Waals surface area contributed by atoms with Crippen molar-refractivity contribution in [3.05, 3.63) is 186 Å². The van der Waals surface area contributed by atoms with E-state index in [1.165, 1.54) is 50.3 Å². The third-order valence-electron chi connectivity index (χ3n) is 13.0. The third-order valence-corrected chi connectivity index (χ3v) is 13.0. The number of nitrogens with zero attached hydrogens (tertiary/aromatic N) is 4. The van der Waals surface area contributed by atoms with Crippen LogP contribution in [-0.2, 0) is 31.9 Å². The Bertz CT molecular complexity index is 3180. The van der Waals surface area contributed by atoms with Crippen LogP contribution >= 0.6 is 0 Å². The SMILES string of the molecule is Cc1cccc(C)c1-c1cc(Oc2[c-]c3c(cc2)c2ccccc2n3-c2cc(C(C)(C)C)ccn2)[c-]c(N2[CH-]N(c3cc(-c4ccccc4)cc(C(C)(C)C)c3)C(C(C)(C)C)=C2C(C)(C)C)c1.[Pt]. The van der Waals surface area contributed by atoms with E-state index in [0.717, 1.165) is 44.6 Å². The molecule has 0 radical (unpaired) electrons. The van der Waals surface area contributed by atoms with Gasteiger partial charge in [-0.15, -0.1) is 53.6 Å². The fourth-order valence-corrected chi connectivity index (χ4v) is 9.68. The number of ether oxygens (including phenoxy) is 1. The molecule has 0 amide bonds. The molecule has 68 heavy (non-hydrogen) atoms. The zero-order chi connectivity index (χ0) is 47.8. The second-order valence-corrected chi connectivity index (χ2v) is 22.5. The first-order valence-electron chi connectivity index (χ1n) is 23.7. The molecule has 0 saturated heterocycles. The van der Waals surface area contributed by atoms with Crippen molar-refractivity contribution in [3.8, 4) is 39.6 Å². The molecule has 0 fully saturated rings. The Morgan fingerprint density at radius 2 is 1.16 bits per heavy atom. The van der Waals surface area contributed by atoms with Crippen molar-refractivity contribution in [2.45, 2.75) is 108 Å². The van der Waals surface area contributed by atoms with Crippen molar-refractivity contribution in [1.29, 1.82) is 0 Å². The maximum Gasteiger partial charge on any atom is 0.135 e. The van der Waals surface area contributed by atoms with Crippen LogP contribution < -0.4 is 14.5 Å². The van der Waals surface area contributed by atoms with E-state index in [1.54, 1.807) is 0 Å². The topological polar surface area (TPSA) is 33.5 Å². The summed E-state index contributed by atoms with van der Waals surface area (Å²) < 4.78 is 9.24. The van der Waals surface area contributed by atoms with Gasteiger partial charge in [0, 0.05) is 72.2 Å². The number of pyridine rings is 1.